The largest absolute Gasteiger partial charge is 0.326 e. The van der Waals surface area contributed by atoms with Gasteiger partial charge in [-0.2, -0.15) is 0 Å². The quantitative estimate of drug-likeness (QED) is 0.694. The molecule has 1 atom stereocenters. The van der Waals surface area contributed by atoms with E-state index >= 15 is 0 Å². The summed E-state index contributed by atoms with van der Waals surface area (Å²) in [6.45, 7) is 5.98. The molecule has 1 amide bonds. The van der Waals surface area contributed by atoms with Crippen LogP contribution in [0.3, 0.4) is 0 Å². The Hall–Kier alpha value is -1.15. The van der Waals surface area contributed by atoms with Crippen LogP contribution in [-0.4, -0.2) is 27.4 Å². The molecule has 1 aromatic rings. The summed E-state index contributed by atoms with van der Waals surface area (Å²) < 4.78 is 23.4. The van der Waals surface area contributed by atoms with E-state index in [2.05, 4.69) is 17.6 Å². The maximum absolute atomic E-state index is 12.3. The molecule has 6 nitrogen and oxygen atoms in total. The lowest BCUT2D eigenvalue weighted by Gasteiger charge is -2.27. The first kappa shape index (κ1) is 21.9. The van der Waals surface area contributed by atoms with Crippen molar-refractivity contribution in [1.82, 2.24) is 5.32 Å². The highest BCUT2D eigenvalue weighted by atomic mass is 35.5. The SMILES string of the molecule is CCc1ccc(NC(=O)CC(C)C2CCNCC2)cc1S(N)(=O)=O.Cl. The van der Waals surface area contributed by atoms with Crippen LogP contribution in [0.2, 0.25) is 0 Å². The maximum atomic E-state index is 12.3. The number of benzene rings is 1. The Kier molecular flexibility index (Phi) is 8.34. The minimum absolute atomic E-state index is 0. The van der Waals surface area contributed by atoms with Gasteiger partial charge in [0.25, 0.3) is 0 Å². The Morgan fingerprint density at radius 1 is 1.36 bits per heavy atom. The Bertz CT molecular complexity index is 688. The van der Waals surface area contributed by atoms with E-state index in [1.807, 2.05) is 6.92 Å². The molecule has 2 rings (SSSR count). The van der Waals surface area contributed by atoms with Crippen LogP contribution < -0.4 is 15.8 Å². The fourth-order valence-electron chi connectivity index (χ4n) is 3.27. The number of carbonyl (C=O) groups excluding carboxylic acids is 1. The van der Waals surface area contributed by atoms with Gasteiger partial charge in [0.2, 0.25) is 15.9 Å². The van der Waals surface area contributed by atoms with Crippen LogP contribution in [-0.2, 0) is 21.2 Å². The molecule has 0 saturated carbocycles. The van der Waals surface area contributed by atoms with Gasteiger partial charge < -0.3 is 10.6 Å². The van der Waals surface area contributed by atoms with Crippen molar-refractivity contribution in [2.24, 2.45) is 17.0 Å². The van der Waals surface area contributed by atoms with Crippen LogP contribution in [0.5, 0.6) is 0 Å². The van der Waals surface area contributed by atoms with Crippen LogP contribution in [0.15, 0.2) is 23.1 Å². The Balaban J connectivity index is 0.00000312. The smallest absolute Gasteiger partial charge is 0.238 e. The molecule has 1 saturated heterocycles. The second-order valence-corrected chi connectivity index (χ2v) is 8.07. The first-order chi connectivity index (χ1) is 11.3. The zero-order chi connectivity index (χ0) is 17.7. The third-order valence-electron chi connectivity index (χ3n) is 4.73. The summed E-state index contributed by atoms with van der Waals surface area (Å²) in [5.41, 5.74) is 1.12. The van der Waals surface area contributed by atoms with E-state index in [-0.39, 0.29) is 23.2 Å². The highest BCUT2D eigenvalue weighted by Crippen LogP contribution is 2.25. The first-order valence-corrected chi connectivity index (χ1v) is 10.0. The zero-order valence-corrected chi connectivity index (χ0v) is 16.4. The summed E-state index contributed by atoms with van der Waals surface area (Å²) in [7, 11) is -3.80. The number of primary sulfonamides is 1. The molecule has 1 heterocycles. The van der Waals surface area contributed by atoms with Crippen molar-refractivity contribution in [3.05, 3.63) is 23.8 Å². The third-order valence-corrected chi connectivity index (χ3v) is 5.73. The number of piperidine rings is 1. The van der Waals surface area contributed by atoms with E-state index in [1.165, 1.54) is 6.07 Å². The second-order valence-electron chi connectivity index (χ2n) is 6.54. The number of hydrogen-bond acceptors (Lipinski definition) is 4. The lowest BCUT2D eigenvalue weighted by atomic mass is 9.84. The van der Waals surface area contributed by atoms with Crippen LogP contribution in [0, 0.1) is 11.8 Å². The molecule has 0 spiro atoms. The zero-order valence-electron chi connectivity index (χ0n) is 14.7. The van der Waals surface area contributed by atoms with Crippen molar-refractivity contribution in [3.63, 3.8) is 0 Å². The fourth-order valence-corrected chi connectivity index (χ4v) is 4.14. The number of sulfonamides is 1. The van der Waals surface area contributed by atoms with Gasteiger partial charge >= 0.3 is 0 Å². The minimum atomic E-state index is -3.80. The molecule has 0 bridgehead atoms. The Labute approximate surface area is 156 Å². The average molecular weight is 390 g/mol. The van der Waals surface area contributed by atoms with E-state index in [4.69, 9.17) is 5.14 Å². The summed E-state index contributed by atoms with van der Waals surface area (Å²) >= 11 is 0. The average Bonchev–Trinajstić information content (AvgIpc) is 2.54. The summed E-state index contributed by atoms with van der Waals surface area (Å²) in [6, 6.07) is 4.87. The van der Waals surface area contributed by atoms with Gasteiger partial charge in [-0.25, -0.2) is 13.6 Å². The van der Waals surface area contributed by atoms with Crippen LogP contribution in [0.25, 0.3) is 0 Å². The highest BCUT2D eigenvalue weighted by molar-refractivity contribution is 7.89. The molecular weight excluding hydrogens is 362 g/mol. The van der Waals surface area contributed by atoms with Crippen molar-refractivity contribution in [2.45, 2.75) is 44.4 Å². The predicted octanol–water partition coefficient (Wildman–Crippen LogP) is 2.28. The van der Waals surface area contributed by atoms with E-state index in [0.29, 0.717) is 35.9 Å². The predicted molar refractivity (Wildman–Crippen MR) is 102 cm³/mol. The normalized spacial score (nSPS) is 16.8. The van der Waals surface area contributed by atoms with Crippen molar-refractivity contribution in [1.29, 1.82) is 0 Å². The van der Waals surface area contributed by atoms with Gasteiger partial charge in [-0.1, -0.05) is 19.9 Å². The van der Waals surface area contributed by atoms with Gasteiger partial charge in [0.05, 0.1) is 4.90 Å². The second kappa shape index (κ2) is 9.52. The number of nitrogens with one attached hydrogen (secondary N) is 2. The molecule has 1 aliphatic heterocycles. The summed E-state index contributed by atoms with van der Waals surface area (Å²) in [4.78, 5) is 12.4. The van der Waals surface area contributed by atoms with Gasteiger partial charge in [-0.05, 0) is 61.9 Å². The van der Waals surface area contributed by atoms with Crippen LogP contribution in [0.1, 0.15) is 38.7 Å². The van der Waals surface area contributed by atoms with E-state index in [9.17, 15) is 13.2 Å². The van der Waals surface area contributed by atoms with Gasteiger partial charge in [0.15, 0.2) is 0 Å². The molecular formula is C17H28ClN3O3S. The summed E-state index contributed by atoms with van der Waals surface area (Å²) in [5.74, 6) is 0.768. The van der Waals surface area contributed by atoms with Gasteiger partial charge in [-0.3, -0.25) is 4.79 Å². The van der Waals surface area contributed by atoms with E-state index < -0.39 is 10.0 Å². The number of carbonyl (C=O) groups is 1. The van der Waals surface area contributed by atoms with E-state index in [0.717, 1.165) is 25.9 Å². The lowest BCUT2D eigenvalue weighted by molar-refractivity contribution is -0.117. The molecule has 1 unspecified atom stereocenters. The molecule has 25 heavy (non-hydrogen) atoms. The third kappa shape index (κ3) is 6.26. The monoisotopic (exact) mass is 389 g/mol. The fraction of sp³-hybridized carbons (Fsp3) is 0.588. The molecule has 1 aromatic carbocycles. The van der Waals surface area contributed by atoms with Crippen LogP contribution >= 0.6 is 12.4 Å². The minimum Gasteiger partial charge on any atom is -0.326 e. The molecule has 0 radical (unpaired) electrons. The Morgan fingerprint density at radius 2 is 2.00 bits per heavy atom. The lowest BCUT2D eigenvalue weighted by Crippen LogP contribution is -2.32. The number of hydrogen-bond donors (Lipinski definition) is 3. The van der Waals surface area contributed by atoms with Crippen molar-refractivity contribution in [3.8, 4) is 0 Å². The summed E-state index contributed by atoms with van der Waals surface area (Å²) in [6.07, 6.45) is 3.18. The number of rotatable bonds is 6. The summed E-state index contributed by atoms with van der Waals surface area (Å²) in [5, 5.41) is 11.4. The molecule has 4 N–H and O–H groups in total. The Morgan fingerprint density at radius 3 is 2.56 bits per heavy atom. The highest BCUT2D eigenvalue weighted by Gasteiger charge is 2.22. The topological polar surface area (TPSA) is 101 Å². The molecule has 0 aliphatic carbocycles. The molecule has 1 aliphatic rings. The van der Waals surface area contributed by atoms with E-state index in [1.54, 1.807) is 12.1 Å². The van der Waals surface area contributed by atoms with Crippen LogP contribution in [0.4, 0.5) is 5.69 Å². The van der Waals surface area contributed by atoms with Crippen molar-refractivity contribution in [2.75, 3.05) is 18.4 Å². The molecule has 8 heteroatoms. The van der Waals surface area contributed by atoms with Gasteiger partial charge in [0, 0.05) is 12.1 Å². The molecule has 0 aromatic heterocycles. The number of anilines is 1. The van der Waals surface area contributed by atoms with Gasteiger partial charge in [0.1, 0.15) is 0 Å². The molecule has 142 valence electrons. The first-order valence-electron chi connectivity index (χ1n) is 8.47. The molecule has 1 fully saturated rings. The van der Waals surface area contributed by atoms with Crippen molar-refractivity contribution >= 4 is 34.0 Å². The number of aryl methyl sites for hydroxylation is 1. The maximum Gasteiger partial charge on any atom is 0.238 e. The van der Waals surface area contributed by atoms with Crippen molar-refractivity contribution < 1.29 is 13.2 Å². The van der Waals surface area contributed by atoms with Gasteiger partial charge in [-0.15, -0.1) is 12.4 Å². The number of nitrogens with two attached hydrogens (primary N) is 1. The number of amides is 1. The number of halogens is 1. The standard InChI is InChI=1S/C17H27N3O3S.ClH/c1-3-13-4-5-15(11-16(13)24(18,22)23)20-17(21)10-12(2)14-6-8-19-9-7-14;/h4-5,11-12,14,19H,3,6-10H2,1-2H3,(H,20,21)(H2,18,22,23);1H.